The topological polar surface area (TPSA) is 59.6 Å². The van der Waals surface area contributed by atoms with Gasteiger partial charge in [0.2, 0.25) is 0 Å². The van der Waals surface area contributed by atoms with Gasteiger partial charge in [-0.3, -0.25) is 4.99 Å². The third-order valence-corrected chi connectivity index (χ3v) is 2.16. The fourth-order valence-corrected chi connectivity index (χ4v) is 1.36. The van der Waals surface area contributed by atoms with Crippen molar-refractivity contribution in [2.24, 2.45) is 16.6 Å². The average molecular weight is 199 g/mol. The first-order valence-corrected chi connectivity index (χ1v) is 5.34. The van der Waals surface area contributed by atoms with Gasteiger partial charge in [0.25, 0.3) is 0 Å². The molecule has 1 rings (SSSR count). The molecule has 1 aliphatic heterocycles. The minimum Gasteiger partial charge on any atom is -0.376 e. The lowest BCUT2D eigenvalue weighted by molar-refractivity contribution is 0.114. The molecule has 4 heteroatoms. The number of nitrogens with zero attached hydrogens (tertiary/aromatic N) is 1. The minimum absolute atomic E-state index is 0.322. The second-order valence-corrected chi connectivity index (χ2v) is 4.14. The lowest BCUT2D eigenvalue weighted by Gasteiger charge is -2.11. The summed E-state index contributed by atoms with van der Waals surface area (Å²) in [5.41, 5.74) is 5.68. The number of hydrogen-bond acceptors (Lipinski definition) is 2. The molecule has 14 heavy (non-hydrogen) atoms. The maximum atomic E-state index is 5.68. The molecular formula is C10H21N3O. The Kier molecular flexibility index (Phi) is 4.73. The first kappa shape index (κ1) is 11.3. The van der Waals surface area contributed by atoms with E-state index in [-0.39, 0.29) is 0 Å². The molecule has 0 aliphatic carbocycles. The van der Waals surface area contributed by atoms with Crippen LogP contribution >= 0.6 is 0 Å². The summed E-state index contributed by atoms with van der Waals surface area (Å²) in [6.45, 7) is 6.70. The van der Waals surface area contributed by atoms with E-state index in [1.807, 2.05) is 0 Å². The van der Waals surface area contributed by atoms with Gasteiger partial charge in [0, 0.05) is 19.7 Å². The van der Waals surface area contributed by atoms with E-state index in [0.29, 0.717) is 18.0 Å². The molecule has 0 aromatic rings. The first-order valence-electron chi connectivity index (χ1n) is 5.34. The van der Waals surface area contributed by atoms with E-state index in [1.54, 1.807) is 0 Å². The van der Waals surface area contributed by atoms with Crippen molar-refractivity contribution in [1.29, 1.82) is 0 Å². The Morgan fingerprint density at radius 2 is 2.43 bits per heavy atom. The molecule has 0 bridgehead atoms. The van der Waals surface area contributed by atoms with Gasteiger partial charge in [0.05, 0.1) is 6.10 Å². The summed E-state index contributed by atoms with van der Waals surface area (Å²) in [4.78, 5) is 4.21. The molecule has 1 aliphatic rings. The average Bonchev–Trinajstić information content (AvgIpc) is 2.63. The van der Waals surface area contributed by atoms with Crippen molar-refractivity contribution in [2.45, 2.75) is 32.8 Å². The molecule has 0 aromatic heterocycles. The number of aliphatic imine (C=N–C) groups is 1. The predicted molar refractivity (Wildman–Crippen MR) is 58.3 cm³/mol. The number of nitrogens with one attached hydrogen (secondary N) is 1. The van der Waals surface area contributed by atoms with E-state index < -0.39 is 0 Å². The Labute approximate surface area is 85.9 Å². The highest BCUT2D eigenvalue weighted by Crippen LogP contribution is 2.10. The zero-order valence-electron chi connectivity index (χ0n) is 9.12. The number of hydrogen-bond donors (Lipinski definition) is 2. The number of guanidine groups is 1. The molecule has 1 unspecified atom stereocenters. The van der Waals surface area contributed by atoms with Crippen LogP contribution in [0, 0.1) is 5.92 Å². The van der Waals surface area contributed by atoms with Crippen molar-refractivity contribution in [3.8, 4) is 0 Å². The lowest BCUT2D eigenvalue weighted by Crippen LogP contribution is -2.37. The molecule has 0 radical (unpaired) electrons. The SMILES string of the molecule is CC(C)CN=C(N)NCC1CCCO1. The Morgan fingerprint density at radius 3 is 3.00 bits per heavy atom. The number of rotatable bonds is 4. The summed E-state index contributed by atoms with van der Waals surface area (Å²) in [6.07, 6.45) is 2.61. The smallest absolute Gasteiger partial charge is 0.188 e. The second kappa shape index (κ2) is 5.86. The van der Waals surface area contributed by atoms with Gasteiger partial charge in [0.15, 0.2) is 5.96 Å². The van der Waals surface area contributed by atoms with E-state index in [0.717, 1.165) is 32.5 Å². The molecule has 1 heterocycles. The van der Waals surface area contributed by atoms with E-state index in [4.69, 9.17) is 10.5 Å². The normalized spacial score (nSPS) is 23.1. The fourth-order valence-electron chi connectivity index (χ4n) is 1.36. The highest BCUT2D eigenvalue weighted by molar-refractivity contribution is 5.77. The summed E-state index contributed by atoms with van der Waals surface area (Å²) in [7, 11) is 0. The van der Waals surface area contributed by atoms with Gasteiger partial charge in [-0.15, -0.1) is 0 Å². The van der Waals surface area contributed by atoms with Gasteiger partial charge in [-0.2, -0.15) is 0 Å². The Morgan fingerprint density at radius 1 is 1.64 bits per heavy atom. The van der Waals surface area contributed by atoms with Crippen LogP contribution < -0.4 is 11.1 Å². The molecule has 0 aromatic carbocycles. The van der Waals surface area contributed by atoms with Crippen LogP contribution in [0.25, 0.3) is 0 Å². The molecule has 3 N–H and O–H groups in total. The van der Waals surface area contributed by atoms with Crippen molar-refractivity contribution in [1.82, 2.24) is 5.32 Å². The third-order valence-electron chi connectivity index (χ3n) is 2.16. The molecule has 1 atom stereocenters. The number of ether oxygens (including phenoxy) is 1. The summed E-state index contributed by atoms with van der Waals surface area (Å²) < 4.78 is 5.46. The summed E-state index contributed by atoms with van der Waals surface area (Å²) in [5.74, 6) is 1.09. The van der Waals surface area contributed by atoms with Crippen LogP contribution in [-0.2, 0) is 4.74 Å². The van der Waals surface area contributed by atoms with Crippen LogP contribution in [-0.4, -0.2) is 31.8 Å². The molecule has 1 fully saturated rings. The van der Waals surface area contributed by atoms with Gasteiger partial charge in [-0.05, 0) is 18.8 Å². The van der Waals surface area contributed by atoms with Gasteiger partial charge in [-0.25, -0.2) is 0 Å². The maximum Gasteiger partial charge on any atom is 0.188 e. The quantitative estimate of drug-likeness (QED) is 0.518. The molecular weight excluding hydrogens is 178 g/mol. The van der Waals surface area contributed by atoms with Crippen LogP contribution in [0.4, 0.5) is 0 Å². The van der Waals surface area contributed by atoms with Crippen molar-refractivity contribution >= 4 is 5.96 Å². The summed E-state index contributed by atoms with van der Waals surface area (Å²) in [5, 5.41) is 3.08. The number of nitrogens with two attached hydrogens (primary N) is 1. The van der Waals surface area contributed by atoms with E-state index in [9.17, 15) is 0 Å². The molecule has 82 valence electrons. The maximum absolute atomic E-state index is 5.68. The van der Waals surface area contributed by atoms with E-state index in [1.165, 1.54) is 0 Å². The second-order valence-electron chi connectivity index (χ2n) is 4.14. The lowest BCUT2D eigenvalue weighted by atomic mass is 10.2. The minimum atomic E-state index is 0.322. The summed E-state index contributed by atoms with van der Waals surface area (Å²) in [6, 6.07) is 0. The van der Waals surface area contributed by atoms with Gasteiger partial charge >= 0.3 is 0 Å². The van der Waals surface area contributed by atoms with Crippen molar-refractivity contribution in [3.63, 3.8) is 0 Å². The fraction of sp³-hybridized carbons (Fsp3) is 0.900. The van der Waals surface area contributed by atoms with Crippen LogP contribution in [0.5, 0.6) is 0 Å². The largest absolute Gasteiger partial charge is 0.376 e. The van der Waals surface area contributed by atoms with Crippen LogP contribution in [0.2, 0.25) is 0 Å². The first-order chi connectivity index (χ1) is 6.68. The molecule has 1 saturated heterocycles. The van der Waals surface area contributed by atoms with Crippen LogP contribution in [0.3, 0.4) is 0 Å². The highest BCUT2D eigenvalue weighted by Gasteiger charge is 2.14. The monoisotopic (exact) mass is 199 g/mol. The van der Waals surface area contributed by atoms with Gasteiger partial charge in [-0.1, -0.05) is 13.8 Å². The molecule has 4 nitrogen and oxygen atoms in total. The van der Waals surface area contributed by atoms with Crippen LogP contribution in [0.15, 0.2) is 4.99 Å². The highest BCUT2D eigenvalue weighted by atomic mass is 16.5. The zero-order chi connectivity index (χ0) is 10.4. The third kappa shape index (κ3) is 4.46. The zero-order valence-corrected chi connectivity index (χ0v) is 9.12. The standard InChI is InChI=1S/C10H21N3O/c1-8(2)6-12-10(11)13-7-9-4-3-5-14-9/h8-9H,3-7H2,1-2H3,(H3,11,12,13). The molecule has 0 amide bonds. The Balaban J connectivity index is 2.12. The van der Waals surface area contributed by atoms with Crippen LogP contribution in [0.1, 0.15) is 26.7 Å². The molecule has 0 saturated carbocycles. The molecule has 0 spiro atoms. The van der Waals surface area contributed by atoms with Gasteiger partial charge in [0.1, 0.15) is 0 Å². The van der Waals surface area contributed by atoms with E-state index >= 15 is 0 Å². The summed E-state index contributed by atoms with van der Waals surface area (Å²) >= 11 is 0. The Bertz CT molecular complexity index is 186. The van der Waals surface area contributed by atoms with Gasteiger partial charge < -0.3 is 15.8 Å². The Hall–Kier alpha value is -0.770. The van der Waals surface area contributed by atoms with Crippen molar-refractivity contribution in [2.75, 3.05) is 19.7 Å². The van der Waals surface area contributed by atoms with Crippen molar-refractivity contribution < 1.29 is 4.74 Å². The van der Waals surface area contributed by atoms with E-state index in [2.05, 4.69) is 24.2 Å². The predicted octanol–water partition coefficient (Wildman–Crippen LogP) is 0.726. The van der Waals surface area contributed by atoms with Crippen molar-refractivity contribution in [3.05, 3.63) is 0 Å².